The van der Waals surface area contributed by atoms with Crippen molar-refractivity contribution >= 4 is 6.03 Å². The molecule has 2 amide bonds. The van der Waals surface area contributed by atoms with Crippen molar-refractivity contribution in [3.8, 4) is 5.75 Å². The molecule has 1 N–H and O–H groups in total. The molecule has 0 aromatic heterocycles. The average Bonchev–Trinajstić information content (AvgIpc) is 3.08. The SMILES string of the molecule is COc1cccc2c1CCN(C(=O)NC(C)C1CCCC1)C2. The van der Waals surface area contributed by atoms with Crippen molar-refractivity contribution in [1.29, 1.82) is 0 Å². The van der Waals surface area contributed by atoms with Crippen LogP contribution in [0.4, 0.5) is 4.79 Å². The first-order valence-corrected chi connectivity index (χ1v) is 8.39. The Hall–Kier alpha value is -1.71. The van der Waals surface area contributed by atoms with Gasteiger partial charge in [-0.25, -0.2) is 4.79 Å². The van der Waals surface area contributed by atoms with Crippen LogP contribution < -0.4 is 10.1 Å². The minimum Gasteiger partial charge on any atom is -0.496 e. The smallest absolute Gasteiger partial charge is 0.317 e. The number of rotatable bonds is 3. The normalized spacial score (nSPS) is 19.6. The molecule has 1 fully saturated rings. The van der Waals surface area contributed by atoms with Crippen molar-refractivity contribution in [2.45, 2.75) is 51.6 Å². The van der Waals surface area contributed by atoms with Gasteiger partial charge in [-0.15, -0.1) is 0 Å². The molecular formula is C18H26N2O2. The second-order valence-electron chi connectivity index (χ2n) is 6.55. The Bertz CT molecular complexity index is 538. The highest BCUT2D eigenvalue weighted by Gasteiger charge is 2.27. The standard InChI is InChI=1S/C18H26N2O2/c1-13(14-6-3-4-7-14)19-18(21)20-11-10-16-15(12-20)8-5-9-17(16)22-2/h5,8-9,13-14H,3-4,6-7,10-12H2,1-2H3,(H,19,21). The van der Waals surface area contributed by atoms with Gasteiger partial charge in [0.25, 0.3) is 0 Å². The van der Waals surface area contributed by atoms with Gasteiger partial charge >= 0.3 is 6.03 Å². The molecule has 1 aliphatic heterocycles. The van der Waals surface area contributed by atoms with E-state index in [9.17, 15) is 4.79 Å². The highest BCUT2D eigenvalue weighted by molar-refractivity contribution is 5.75. The molecule has 0 saturated heterocycles. The molecule has 22 heavy (non-hydrogen) atoms. The molecule has 1 aromatic rings. The highest BCUT2D eigenvalue weighted by Crippen LogP contribution is 2.29. The summed E-state index contributed by atoms with van der Waals surface area (Å²) in [5, 5.41) is 3.21. The van der Waals surface area contributed by atoms with E-state index in [1.54, 1.807) is 7.11 Å². The molecule has 4 heteroatoms. The van der Waals surface area contributed by atoms with Gasteiger partial charge in [-0.1, -0.05) is 25.0 Å². The second kappa shape index (κ2) is 6.59. The maximum Gasteiger partial charge on any atom is 0.317 e. The van der Waals surface area contributed by atoms with Crippen molar-refractivity contribution in [2.75, 3.05) is 13.7 Å². The molecule has 3 rings (SSSR count). The first kappa shape index (κ1) is 15.2. The molecular weight excluding hydrogens is 276 g/mol. The Morgan fingerprint density at radius 2 is 2.14 bits per heavy atom. The first-order chi connectivity index (χ1) is 10.7. The number of fused-ring (bicyclic) bond motifs is 1. The summed E-state index contributed by atoms with van der Waals surface area (Å²) in [7, 11) is 1.71. The number of nitrogens with zero attached hydrogens (tertiary/aromatic N) is 1. The van der Waals surface area contributed by atoms with E-state index in [4.69, 9.17) is 4.74 Å². The zero-order valence-electron chi connectivity index (χ0n) is 13.6. The van der Waals surface area contributed by atoms with Crippen LogP contribution in [0.1, 0.15) is 43.7 Å². The number of methoxy groups -OCH3 is 1. The van der Waals surface area contributed by atoms with Crippen LogP contribution in [0.15, 0.2) is 18.2 Å². The number of carbonyl (C=O) groups is 1. The zero-order chi connectivity index (χ0) is 15.5. The molecule has 0 spiro atoms. The van der Waals surface area contributed by atoms with Gasteiger partial charge in [-0.2, -0.15) is 0 Å². The fraction of sp³-hybridized carbons (Fsp3) is 0.611. The molecule has 1 saturated carbocycles. The van der Waals surface area contributed by atoms with Crippen LogP contribution in [0.5, 0.6) is 5.75 Å². The Morgan fingerprint density at radius 3 is 2.86 bits per heavy atom. The minimum atomic E-state index is 0.0767. The van der Waals surface area contributed by atoms with Crippen molar-refractivity contribution in [1.82, 2.24) is 10.2 Å². The average molecular weight is 302 g/mol. The van der Waals surface area contributed by atoms with Gasteiger partial charge in [0.05, 0.1) is 7.11 Å². The van der Waals surface area contributed by atoms with Crippen molar-refractivity contribution in [3.05, 3.63) is 29.3 Å². The molecule has 1 aliphatic carbocycles. The van der Waals surface area contributed by atoms with Crippen molar-refractivity contribution in [3.63, 3.8) is 0 Å². The fourth-order valence-electron chi connectivity index (χ4n) is 3.80. The maximum atomic E-state index is 12.5. The molecule has 120 valence electrons. The third-order valence-corrected chi connectivity index (χ3v) is 5.19. The van der Waals surface area contributed by atoms with E-state index in [0.717, 1.165) is 18.7 Å². The molecule has 4 nitrogen and oxygen atoms in total. The number of ether oxygens (including phenoxy) is 1. The van der Waals surface area contributed by atoms with Gasteiger partial charge in [0.1, 0.15) is 5.75 Å². The summed E-state index contributed by atoms with van der Waals surface area (Å²) in [6, 6.07) is 6.45. The first-order valence-electron chi connectivity index (χ1n) is 8.39. The third kappa shape index (κ3) is 3.06. The van der Waals surface area contributed by atoms with Crippen LogP contribution in [0.3, 0.4) is 0 Å². The van der Waals surface area contributed by atoms with Gasteiger partial charge in [0, 0.05) is 24.7 Å². The molecule has 1 heterocycles. The Morgan fingerprint density at radius 1 is 1.36 bits per heavy atom. The summed E-state index contributed by atoms with van der Waals surface area (Å²) >= 11 is 0. The summed E-state index contributed by atoms with van der Waals surface area (Å²) < 4.78 is 5.42. The minimum absolute atomic E-state index is 0.0767. The fourth-order valence-corrected chi connectivity index (χ4v) is 3.80. The van der Waals surface area contributed by atoms with E-state index in [1.165, 1.54) is 36.8 Å². The molecule has 0 radical (unpaired) electrons. The van der Waals surface area contributed by atoms with Gasteiger partial charge < -0.3 is 15.0 Å². The topological polar surface area (TPSA) is 41.6 Å². The van der Waals surface area contributed by atoms with Crippen LogP contribution >= 0.6 is 0 Å². The number of carbonyl (C=O) groups excluding carboxylic acids is 1. The largest absolute Gasteiger partial charge is 0.496 e. The van der Waals surface area contributed by atoms with Gasteiger partial charge in [-0.3, -0.25) is 0 Å². The summed E-state index contributed by atoms with van der Waals surface area (Å²) in [6.07, 6.45) is 5.98. The van der Waals surface area contributed by atoms with Crippen LogP contribution in [-0.4, -0.2) is 30.6 Å². The van der Waals surface area contributed by atoms with Gasteiger partial charge in [0.2, 0.25) is 0 Å². The van der Waals surface area contributed by atoms with Crippen LogP contribution in [0, 0.1) is 5.92 Å². The lowest BCUT2D eigenvalue weighted by molar-refractivity contribution is 0.184. The molecule has 1 atom stereocenters. The number of amides is 2. The quantitative estimate of drug-likeness (QED) is 0.930. The van der Waals surface area contributed by atoms with E-state index < -0.39 is 0 Å². The number of hydrogen-bond donors (Lipinski definition) is 1. The molecule has 1 unspecified atom stereocenters. The monoisotopic (exact) mass is 302 g/mol. The predicted octanol–water partition coefficient (Wildman–Crippen LogP) is 3.34. The summed E-state index contributed by atoms with van der Waals surface area (Å²) in [5.74, 6) is 1.60. The van der Waals surface area contributed by atoms with E-state index in [2.05, 4.69) is 18.3 Å². The Labute approximate surface area is 132 Å². The Kier molecular flexibility index (Phi) is 4.55. The van der Waals surface area contributed by atoms with E-state index in [1.807, 2.05) is 17.0 Å². The van der Waals surface area contributed by atoms with E-state index in [0.29, 0.717) is 12.5 Å². The third-order valence-electron chi connectivity index (χ3n) is 5.19. The molecule has 1 aromatic carbocycles. The lowest BCUT2D eigenvalue weighted by Crippen LogP contribution is -2.47. The van der Waals surface area contributed by atoms with Crippen molar-refractivity contribution in [2.24, 2.45) is 5.92 Å². The Balaban J connectivity index is 1.62. The molecule has 2 aliphatic rings. The predicted molar refractivity (Wildman–Crippen MR) is 87.1 cm³/mol. The summed E-state index contributed by atoms with van der Waals surface area (Å²) in [6.45, 7) is 3.58. The number of nitrogens with one attached hydrogen (secondary N) is 1. The number of urea groups is 1. The summed E-state index contributed by atoms with van der Waals surface area (Å²) in [4.78, 5) is 14.4. The number of benzene rings is 1. The zero-order valence-corrected chi connectivity index (χ0v) is 13.6. The molecule has 0 bridgehead atoms. The maximum absolute atomic E-state index is 12.5. The van der Waals surface area contributed by atoms with E-state index in [-0.39, 0.29) is 12.1 Å². The summed E-state index contributed by atoms with van der Waals surface area (Å²) in [5.41, 5.74) is 2.45. The van der Waals surface area contributed by atoms with Crippen LogP contribution in [0.25, 0.3) is 0 Å². The van der Waals surface area contributed by atoms with Crippen LogP contribution in [0.2, 0.25) is 0 Å². The van der Waals surface area contributed by atoms with Gasteiger partial charge in [0.15, 0.2) is 0 Å². The van der Waals surface area contributed by atoms with Gasteiger partial charge in [-0.05, 0) is 43.7 Å². The second-order valence-corrected chi connectivity index (χ2v) is 6.55. The number of hydrogen-bond acceptors (Lipinski definition) is 2. The highest BCUT2D eigenvalue weighted by atomic mass is 16.5. The van der Waals surface area contributed by atoms with E-state index >= 15 is 0 Å². The lowest BCUT2D eigenvalue weighted by atomic mass is 9.98. The van der Waals surface area contributed by atoms with Crippen LogP contribution in [-0.2, 0) is 13.0 Å². The lowest BCUT2D eigenvalue weighted by Gasteiger charge is -2.32. The van der Waals surface area contributed by atoms with Crippen molar-refractivity contribution < 1.29 is 9.53 Å².